The van der Waals surface area contributed by atoms with Crippen LogP contribution in [0.3, 0.4) is 0 Å². The summed E-state index contributed by atoms with van der Waals surface area (Å²) in [5.41, 5.74) is 5.30. The van der Waals surface area contributed by atoms with Crippen LogP contribution in [0.2, 0.25) is 0 Å². The molecule has 3 heterocycles. The number of aromatic nitrogens is 1. The number of aromatic amines is 1. The lowest BCUT2D eigenvalue weighted by Gasteiger charge is -2.43. The van der Waals surface area contributed by atoms with Crippen molar-refractivity contribution in [2.24, 2.45) is 5.92 Å². The van der Waals surface area contributed by atoms with Crippen molar-refractivity contribution in [1.82, 2.24) is 9.88 Å². The molecule has 0 bridgehead atoms. The Kier molecular flexibility index (Phi) is 4.32. The molecule has 26 heavy (non-hydrogen) atoms. The van der Waals surface area contributed by atoms with E-state index in [9.17, 15) is 9.90 Å². The molecule has 0 amide bonds. The molecule has 4 rings (SSSR count). The van der Waals surface area contributed by atoms with Gasteiger partial charge in [0.25, 0.3) is 0 Å². The van der Waals surface area contributed by atoms with Gasteiger partial charge in [-0.3, -0.25) is 4.90 Å². The van der Waals surface area contributed by atoms with Crippen LogP contribution in [-0.2, 0) is 16.0 Å². The lowest BCUT2D eigenvalue weighted by Crippen LogP contribution is -2.43. The zero-order valence-corrected chi connectivity index (χ0v) is 15.2. The minimum Gasteiger partial charge on any atom is -0.504 e. The summed E-state index contributed by atoms with van der Waals surface area (Å²) < 4.78 is 5.07. The van der Waals surface area contributed by atoms with Gasteiger partial charge in [-0.05, 0) is 31.4 Å². The van der Waals surface area contributed by atoms with Gasteiger partial charge in [-0.2, -0.15) is 0 Å². The molecule has 5 nitrogen and oxygen atoms in total. The number of piperidine rings is 1. The van der Waals surface area contributed by atoms with E-state index in [2.05, 4.69) is 34.2 Å². The molecule has 1 aromatic carbocycles. The SMILES string of the molecule is C/C=C1/CN2CCc3c([nH]c4ccccc34)[C@H]2C[C@@H]1/C(=C/OC)C(=O)O. The Morgan fingerprint density at radius 2 is 2.19 bits per heavy atom. The molecular formula is C21H24N2O3. The van der Waals surface area contributed by atoms with E-state index in [-0.39, 0.29) is 12.0 Å². The number of methoxy groups -OCH3 is 1. The van der Waals surface area contributed by atoms with Crippen molar-refractivity contribution in [3.8, 4) is 0 Å². The number of nitrogens with one attached hydrogen (secondary N) is 1. The first kappa shape index (κ1) is 16.9. The third kappa shape index (κ3) is 2.63. The van der Waals surface area contributed by atoms with Crippen LogP contribution in [0.15, 0.2) is 47.7 Å². The zero-order chi connectivity index (χ0) is 18.3. The molecule has 0 spiro atoms. The number of para-hydroxylation sites is 1. The molecule has 2 aromatic rings. The standard InChI is InChI=1S/C21H24N2O3/c1-3-13-11-23-9-8-15-14-6-4-5-7-18(14)22-20(15)19(23)10-16(13)17(12-26-2)21(24)25/h3-7,12,16,19,22H,8-11H2,1-2H3,(H,24,25)/b13-3-,17-12-/t16-,19+/m0/s1. The van der Waals surface area contributed by atoms with Gasteiger partial charge in [0.2, 0.25) is 0 Å². The van der Waals surface area contributed by atoms with Crippen LogP contribution in [0.4, 0.5) is 0 Å². The molecule has 5 heteroatoms. The smallest absolute Gasteiger partial charge is 0.335 e. The minimum atomic E-state index is -0.905. The van der Waals surface area contributed by atoms with Crippen molar-refractivity contribution >= 4 is 16.9 Å². The van der Waals surface area contributed by atoms with Gasteiger partial charge < -0.3 is 14.8 Å². The number of hydrogen-bond donors (Lipinski definition) is 2. The van der Waals surface area contributed by atoms with Gasteiger partial charge in [0.05, 0.1) is 25.0 Å². The highest BCUT2D eigenvalue weighted by molar-refractivity contribution is 5.88. The Morgan fingerprint density at radius 3 is 2.92 bits per heavy atom. The van der Waals surface area contributed by atoms with Crippen molar-refractivity contribution in [2.75, 3.05) is 20.2 Å². The minimum absolute atomic E-state index is 0.129. The van der Waals surface area contributed by atoms with Gasteiger partial charge in [0, 0.05) is 35.6 Å². The number of hydrogen-bond acceptors (Lipinski definition) is 3. The van der Waals surface area contributed by atoms with Gasteiger partial charge in [-0.15, -0.1) is 0 Å². The van der Waals surface area contributed by atoms with E-state index >= 15 is 0 Å². The Labute approximate surface area is 153 Å². The van der Waals surface area contributed by atoms with E-state index in [1.165, 1.54) is 35.5 Å². The molecule has 2 aliphatic heterocycles. The molecule has 0 aliphatic carbocycles. The molecule has 2 N–H and O–H groups in total. The van der Waals surface area contributed by atoms with Crippen molar-refractivity contribution in [3.63, 3.8) is 0 Å². The number of carboxylic acids is 1. The van der Waals surface area contributed by atoms with Crippen molar-refractivity contribution in [3.05, 3.63) is 59.0 Å². The maximum atomic E-state index is 11.8. The van der Waals surface area contributed by atoms with Crippen LogP contribution in [0, 0.1) is 5.92 Å². The van der Waals surface area contributed by atoms with Crippen LogP contribution in [0.1, 0.15) is 30.6 Å². The Morgan fingerprint density at radius 1 is 1.38 bits per heavy atom. The number of carbonyl (C=O) groups is 1. The highest BCUT2D eigenvalue weighted by atomic mass is 16.5. The number of aliphatic carboxylic acids is 1. The highest BCUT2D eigenvalue weighted by Gasteiger charge is 2.40. The van der Waals surface area contributed by atoms with Gasteiger partial charge in [0.15, 0.2) is 0 Å². The number of benzene rings is 1. The predicted octanol–water partition coefficient (Wildman–Crippen LogP) is 3.65. The maximum Gasteiger partial charge on any atom is 0.335 e. The number of H-pyrrole nitrogens is 1. The molecule has 0 radical (unpaired) electrons. The second-order valence-corrected chi connectivity index (χ2v) is 7.07. The number of ether oxygens (including phenoxy) is 1. The summed E-state index contributed by atoms with van der Waals surface area (Å²) in [5, 5.41) is 11.0. The predicted molar refractivity (Wildman–Crippen MR) is 101 cm³/mol. The molecule has 1 aromatic heterocycles. The van der Waals surface area contributed by atoms with E-state index in [1.54, 1.807) is 0 Å². The largest absolute Gasteiger partial charge is 0.504 e. The summed E-state index contributed by atoms with van der Waals surface area (Å²) in [6.45, 7) is 3.79. The fraction of sp³-hybridized carbons (Fsp3) is 0.381. The summed E-state index contributed by atoms with van der Waals surface area (Å²) in [5.74, 6) is -1.03. The number of carboxylic acid groups (broad SMARTS) is 1. The van der Waals surface area contributed by atoms with Crippen molar-refractivity contribution in [2.45, 2.75) is 25.8 Å². The van der Waals surface area contributed by atoms with Gasteiger partial charge in [0.1, 0.15) is 0 Å². The first-order valence-corrected chi connectivity index (χ1v) is 9.08. The fourth-order valence-electron chi connectivity index (χ4n) is 4.57. The van der Waals surface area contributed by atoms with Gasteiger partial charge in [-0.1, -0.05) is 29.8 Å². The molecule has 136 valence electrons. The second kappa shape index (κ2) is 6.65. The summed E-state index contributed by atoms with van der Waals surface area (Å²) in [7, 11) is 1.50. The third-order valence-electron chi connectivity index (χ3n) is 5.80. The van der Waals surface area contributed by atoms with Gasteiger partial charge in [-0.25, -0.2) is 4.79 Å². The van der Waals surface area contributed by atoms with Crippen LogP contribution in [0.25, 0.3) is 10.9 Å². The average Bonchev–Trinajstić information content (AvgIpc) is 3.04. The molecule has 2 aliphatic rings. The summed E-state index contributed by atoms with van der Waals surface area (Å²) in [6, 6.07) is 8.62. The van der Waals surface area contributed by atoms with Crippen molar-refractivity contribution in [1.29, 1.82) is 0 Å². The summed E-state index contributed by atoms with van der Waals surface area (Å²) in [6.07, 6.45) is 5.23. The Bertz CT molecular complexity index is 909. The van der Waals surface area contributed by atoms with Crippen LogP contribution < -0.4 is 0 Å². The Hall–Kier alpha value is -2.53. The number of fused-ring (bicyclic) bond motifs is 5. The maximum absolute atomic E-state index is 11.8. The van der Waals surface area contributed by atoms with E-state index in [0.717, 1.165) is 31.5 Å². The number of rotatable bonds is 3. The van der Waals surface area contributed by atoms with Gasteiger partial charge >= 0.3 is 5.97 Å². The summed E-state index contributed by atoms with van der Waals surface area (Å²) in [4.78, 5) is 17.9. The average molecular weight is 352 g/mol. The molecule has 0 unspecified atom stereocenters. The molecule has 2 atom stereocenters. The van der Waals surface area contributed by atoms with Crippen LogP contribution in [0.5, 0.6) is 0 Å². The quantitative estimate of drug-likeness (QED) is 0.503. The molecule has 1 fully saturated rings. The lowest BCUT2D eigenvalue weighted by atomic mass is 9.78. The Balaban J connectivity index is 1.76. The highest BCUT2D eigenvalue weighted by Crippen LogP contribution is 2.44. The van der Waals surface area contributed by atoms with E-state index in [4.69, 9.17) is 4.74 Å². The van der Waals surface area contributed by atoms with Crippen LogP contribution >= 0.6 is 0 Å². The zero-order valence-electron chi connectivity index (χ0n) is 15.2. The first-order chi connectivity index (χ1) is 12.6. The lowest BCUT2D eigenvalue weighted by molar-refractivity contribution is -0.133. The van der Waals surface area contributed by atoms with E-state index < -0.39 is 5.97 Å². The first-order valence-electron chi connectivity index (χ1n) is 9.08. The number of allylic oxidation sites excluding steroid dienone is 1. The van der Waals surface area contributed by atoms with E-state index in [0.29, 0.717) is 5.57 Å². The third-order valence-corrected chi connectivity index (χ3v) is 5.80. The molecule has 0 saturated carbocycles. The fourth-order valence-corrected chi connectivity index (χ4v) is 4.57. The van der Waals surface area contributed by atoms with Crippen molar-refractivity contribution < 1.29 is 14.6 Å². The second-order valence-electron chi connectivity index (χ2n) is 7.07. The summed E-state index contributed by atoms with van der Waals surface area (Å²) >= 11 is 0. The normalized spacial score (nSPS) is 25.2. The van der Waals surface area contributed by atoms with E-state index in [1.807, 2.05) is 13.0 Å². The topological polar surface area (TPSA) is 65.6 Å². The molecule has 1 saturated heterocycles. The van der Waals surface area contributed by atoms with Crippen LogP contribution in [-0.4, -0.2) is 41.2 Å². The monoisotopic (exact) mass is 352 g/mol. The molecular weight excluding hydrogens is 328 g/mol. The number of nitrogens with zero attached hydrogens (tertiary/aromatic N) is 1.